The van der Waals surface area contributed by atoms with E-state index >= 15 is 0 Å². The van der Waals surface area contributed by atoms with Gasteiger partial charge in [0.05, 0.1) is 26.6 Å². The van der Waals surface area contributed by atoms with E-state index in [1.54, 1.807) is 30.3 Å². The van der Waals surface area contributed by atoms with Gasteiger partial charge in [0.2, 0.25) is 5.88 Å². The Morgan fingerprint density at radius 2 is 1.67 bits per heavy atom. The Labute approximate surface area is 124 Å². The number of hydrogen-bond acceptors (Lipinski definition) is 2. The van der Waals surface area contributed by atoms with Gasteiger partial charge in [0.25, 0.3) is 0 Å². The maximum Gasteiger partial charge on any atom is 0.219 e. The second-order valence-electron chi connectivity index (χ2n) is 3.39. The maximum absolute atomic E-state index is 5.90. The molecule has 0 spiro atoms. The van der Waals surface area contributed by atoms with Crippen molar-refractivity contribution in [2.45, 2.75) is 5.88 Å². The molecule has 0 amide bonds. The van der Waals surface area contributed by atoms with Gasteiger partial charge in [-0.25, -0.2) is 4.98 Å². The minimum Gasteiger partial charge on any atom is -0.439 e. The van der Waals surface area contributed by atoms with Crippen LogP contribution in [0.1, 0.15) is 5.69 Å². The van der Waals surface area contributed by atoms with Crippen LogP contribution in [0.2, 0.25) is 15.1 Å². The molecule has 2 rings (SSSR count). The average molecular weight is 323 g/mol. The fraction of sp³-hybridized carbons (Fsp3) is 0.0833. The van der Waals surface area contributed by atoms with E-state index in [2.05, 4.69) is 4.98 Å². The van der Waals surface area contributed by atoms with Crippen molar-refractivity contribution in [3.8, 4) is 11.6 Å². The van der Waals surface area contributed by atoms with Crippen molar-refractivity contribution in [2.24, 2.45) is 0 Å². The van der Waals surface area contributed by atoms with Gasteiger partial charge in [-0.3, -0.25) is 0 Å². The fourth-order valence-corrected chi connectivity index (χ4v) is 2.01. The second-order valence-corrected chi connectivity index (χ2v) is 4.88. The molecule has 6 heteroatoms. The SMILES string of the molecule is ClCc1nc(Oc2ccc(Cl)c(Cl)c2)ccc1Cl. The summed E-state index contributed by atoms with van der Waals surface area (Å²) in [7, 11) is 0. The number of ether oxygens (including phenoxy) is 1. The Morgan fingerprint density at radius 3 is 2.33 bits per heavy atom. The standard InChI is InChI=1S/C12H7Cl4NO/c13-6-11-9(15)3-4-12(17-11)18-7-1-2-8(14)10(16)5-7/h1-5H,6H2. The number of alkyl halides is 1. The zero-order valence-electron chi connectivity index (χ0n) is 8.96. The molecule has 0 saturated heterocycles. The molecular formula is C12H7Cl4NO. The summed E-state index contributed by atoms with van der Waals surface area (Å²) >= 11 is 23.3. The zero-order valence-corrected chi connectivity index (χ0v) is 12.0. The van der Waals surface area contributed by atoms with E-state index in [1.165, 1.54) is 0 Å². The van der Waals surface area contributed by atoms with Crippen LogP contribution < -0.4 is 4.74 Å². The maximum atomic E-state index is 5.90. The molecule has 1 aromatic carbocycles. The molecule has 2 aromatic rings. The van der Waals surface area contributed by atoms with Crippen molar-refractivity contribution < 1.29 is 4.74 Å². The predicted octanol–water partition coefficient (Wildman–Crippen LogP) is 5.57. The highest BCUT2D eigenvalue weighted by atomic mass is 35.5. The van der Waals surface area contributed by atoms with Crippen molar-refractivity contribution in [1.29, 1.82) is 0 Å². The van der Waals surface area contributed by atoms with E-state index in [0.29, 0.717) is 32.4 Å². The molecule has 0 N–H and O–H groups in total. The van der Waals surface area contributed by atoms with Crippen LogP contribution in [0, 0.1) is 0 Å². The predicted molar refractivity (Wildman–Crippen MR) is 75.3 cm³/mol. The molecule has 0 saturated carbocycles. The van der Waals surface area contributed by atoms with Gasteiger partial charge in [-0.05, 0) is 18.2 Å². The molecule has 0 unspecified atom stereocenters. The molecule has 0 fully saturated rings. The summed E-state index contributed by atoms with van der Waals surface area (Å²) in [6.45, 7) is 0. The van der Waals surface area contributed by atoms with Gasteiger partial charge >= 0.3 is 0 Å². The van der Waals surface area contributed by atoms with E-state index < -0.39 is 0 Å². The Morgan fingerprint density at radius 1 is 0.944 bits per heavy atom. The van der Waals surface area contributed by atoms with Gasteiger partial charge in [-0.2, -0.15) is 0 Å². The van der Waals surface area contributed by atoms with Gasteiger partial charge in [0.15, 0.2) is 0 Å². The number of aromatic nitrogens is 1. The van der Waals surface area contributed by atoms with Gasteiger partial charge in [0.1, 0.15) is 5.75 Å². The van der Waals surface area contributed by atoms with Crippen LogP contribution in [0.3, 0.4) is 0 Å². The lowest BCUT2D eigenvalue weighted by molar-refractivity contribution is 0.461. The van der Waals surface area contributed by atoms with E-state index in [9.17, 15) is 0 Å². The fourth-order valence-electron chi connectivity index (χ4n) is 1.28. The summed E-state index contributed by atoms with van der Waals surface area (Å²) in [5.74, 6) is 1.16. The van der Waals surface area contributed by atoms with Gasteiger partial charge in [-0.15, -0.1) is 11.6 Å². The number of pyridine rings is 1. The molecule has 0 bridgehead atoms. The van der Waals surface area contributed by atoms with E-state index in [-0.39, 0.29) is 5.88 Å². The molecule has 0 aliphatic rings. The summed E-state index contributed by atoms with van der Waals surface area (Å²) in [5.41, 5.74) is 0.566. The van der Waals surface area contributed by atoms with Crippen LogP contribution in [0.15, 0.2) is 30.3 Å². The molecule has 18 heavy (non-hydrogen) atoms. The van der Waals surface area contributed by atoms with Crippen molar-refractivity contribution in [2.75, 3.05) is 0 Å². The smallest absolute Gasteiger partial charge is 0.219 e. The second kappa shape index (κ2) is 5.98. The Bertz CT molecular complexity index is 574. The lowest BCUT2D eigenvalue weighted by Crippen LogP contribution is -1.92. The van der Waals surface area contributed by atoms with Crippen molar-refractivity contribution in [3.05, 3.63) is 51.1 Å². The van der Waals surface area contributed by atoms with Crippen LogP contribution in [-0.4, -0.2) is 4.98 Å². The lowest BCUT2D eigenvalue weighted by Gasteiger charge is -2.07. The van der Waals surface area contributed by atoms with Crippen LogP contribution in [-0.2, 0) is 5.88 Å². The highest BCUT2D eigenvalue weighted by molar-refractivity contribution is 6.42. The highest BCUT2D eigenvalue weighted by Gasteiger charge is 2.06. The molecule has 94 valence electrons. The minimum absolute atomic E-state index is 0.220. The zero-order chi connectivity index (χ0) is 13.1. The van der Waals surface area contributed by atoms with E-state index in [4.69, 9.17) is 51.1 Å². The van der Waals surface area contributed by atoms with Gasteiger partial charge in [-0.1, -0.05) is 34.8 Å². The van der Waals surface area contributed by atoms with E-state index in [1.807, 2.05) is 0 Å². The molecular weight excluding hydrogens is 316 g/mol. The van der Waals surface area contributed by atoms with Crippen LogP contribution in [0.5, 0.6) is 11.6 Å². The van der Waals surface area contributed by atoms with Crippen molar-refractivity contribution in [3.63, 3.8) is 0 Å². The third kappa shape index (κ3) is 3.21. The monoisotopic (exact) mass is 321 g/mol. The number of nitrogens with zero attached hydrogens (tertiary/aromatic N) is 1. The first-order chi connectivity index (χ1) is 8.60. The van der Waals surface area contributed by atoms with Crippen LogP contribution >= 0.6 is 46.4 Å². The number of benzene rings is 1. The number of halogens is 4. The lowest BCUT2D eigenvalue weighted by atomic mass is 10.3. The quantitative estimate of drug-likeness (QED) is 0.689. The summed E-state index contributed by atoms with van der Waals surface area (Å²) < 4.78 is 5.54. The van der Waals surface area contributed by atoms with E-state index in [0.717, 1.165) is 0 Å². The summed E-state index contributed by atoms with van der Waals surface area (Å²) in [6, 6.07) is 8.29. The van der Waals surface area contributed by atoms with Crippen LogP contribution in [0.25, 0.3) is 0 Å². The first-order valence-corrected chi connectivity index (χ1v) is 6.61. The summed E-state index contributed by atoms with van der Waals surface area (Å²) in [4.78, 5) is 4.18. The Balaban J connectivity index is 2.25. The molecule has 2 nitrogen and oxygen atoms in total. The van der Waals surface area contributed by atoms with Gasteiger partial charge in [0, 0.05) is 12.1 Å². The van der Waals surface area contributed by atoms with Crippen molar-refractivity contribution in [1.82, 2.24) is 4.98 Å². The van der Waals surface area contributed by atoms with Crippen molar-refractivity contribution >= 4 is 46.4 Å². The van der Waals surface area contributed by atoms with Crippen LogP contribution in [0.4, 0.5) is 0 Å². The topological polar surface area (TPSA) is 22.1 Å². The largest absolute Gasteiger partial charge is 0.439 e. The third-order valence-electron chi connectivity index (χ3n) is 2.13. The first-order valence-electron chi connectivity index (χ1n) is 4.94. The summed E-state index contributed by atoms with van der Waals surface area (Å²) in [6.07, 6.45) is 0. The highest BCUT2D eigenvalue weighted by Crippen LogP contribution is 2.29. The number of hydrogen-bond donors (Lipinski definition) is 0. The molecule has 1 aromatic heterocycles. The molecule has 0 radical (unpaired) electrons. The third-order valence-corrected chi connectivity index (χ3v) is 3.47. The molecule has 0 aliphatic carbocycles. The Hall–Kier alpha value is -0.670. The minimum atomic E-state index is 0.220. The molecule has 0 atom stereocenters. The Kier molecular flexibility index (Phi) is 4.57. The summed E-state index contributed by atoms with van der Waals surface area (Å²) in [5, 5.41) is 1.39. The van der Waals surface area contributed by atoms with Gasteiger partial charge < -0.3 is 4.74 Å². The average Bonchev–Trinajstić information content (AvgIpc) is 2.36. The molecule has 1 heterocycles. The normalized spacial score (nSPS) is 10.4. The molecule has 0 aliphatic heterocycles. The number of rotatable bonds is 3. The first kappa shape index (κ1) is 13.8.